The maximum atomic E-state index is 5.83. The summed E-state index contributed by atoms with van der Waals surface area (Å²) in [6, 6.07) is 4.25. The highest BCUT2D eigenvalue weighted by molar-refractivity contribution is 5.40. The van der Waals surface area contributed by atoms with Gasteiger partial charge in [0, 0.05) is 12.5 Å². The molecule has 0 amide bonds. The van der Waals surface area contributed by atoms with E-state index in [-0.39, 0.29) is 0 Å². The van der Waals surface area contributed by atoms with Crippen LogP contribution in [-0.4, -0.2) is 19.8 Å². The van der Waals surface area contributed by atoms with Crippen molar-refractivity contribution in [3.63, 3.8) is 0 Å². The lowest BCUT2D eigenvalue weighted by Crippen LogP contribution is -2.11. The lowest BCUT2D eigenvalue weighted by molar-refractivity contribution is 0.167. The van der Waals surface area contributed by atoms with E-state index in [1.165, 1.54) is 16.7 Å². The number of hydrogen-bond donors (Lipinski definition) is 0. The molecule has 16 heavy (non-hydrogen) atoms. The highest BCUT2D eigenvalue weighted by atomic mass is 16.5. The average Bonchev–Trinajstić information content (AvgIpc) is 2.75. The van der Waals surface area contributed by atoms with Gasteiger partial charge in [0.15, 0.2) is 0 Å². The Morgan fingerprint density at radius 2 is 1.94 bits per heavy atom. The number of rotatable bonds is 3. The normalized spacial score (nSPS) is 20.1. The van der Waals surface area contributed by atoms with Gasteiger partial charge < -0.3 is 9.47 Å². The summed E-state index contributed by atoms with van der Waals surface area (Å²) in [5, 5.41) is 0. The lowest BCUT2D eigenvalue weighted by atomic mass is 10.0. The smallest absolute Gasteiger partial charge is 0.119 e. The zero-order valence-electron chi connectivity index (χ0n) is 10.4. The van der Waals surface area contributed by atoms with E-state index >= 15 is 0 Å². The Bertz CT molecular complexity index is 342. The molecule has 0 radical (unpaired) electrons. The molecule has 0 aromatic heterocycles. The maximum Gasteiger partial charge on any atom is 0.119 e. The predicted octanol–water partition coefficient (Wildman–Crippen LogP) is 3.03. The molecule has 0 N–H and O–H groups in total. The fourth-order valence-corrected chi connectivity index (χ4v) is 2.01. The van der Waals surface area contributed by atoms with Crippen LogP contribution >= 0.6 is 0 Å². The second-order valence-corrected chi connectivity index (χ2v) is 4.72. The van der Waals surface area contributed by atoms with Crippen LogP contribution in [0, 0.1) is 26.7 Å². The molecule has 2 heteroatoms. The maximum absolute atomic E-state index is 5.83. The minimum absolute atomic E-state index is 0.571. The molecule has 1 aliphatic heterocycles. The van der Waals surface area contributed by atoms with E-state index in [4.69, 9.17) is 9.47 Å². The van der Waals surface area contributed by atoms with Crippen LogP contribution in [0.5, 0.6) is 5.75 Å². The van der Waals surface area contributed by atoms with Crippen molar-refractivity contribution in [2.24, 2.45) is 5.92 Å². The Kier molecular flexibility index (Phi) is 3.49. The van der Waals surface area contributed by atoms with Gasteiger partial charge >= 0.3 is 0 Å². The van der Waals surface area contributed by atoms with Gasteiger partial charge in [-0.3, -0.25) is 0 Å². The zero-order valence-corrected chi connectivity index (χ0v) is 10.4. The number of ether oxygens (including phenoxy) is 2. The highest BCUT2D eigenvalue weighted by Gasteiger charge is 2.16. The first-order chi connectivity index (χ1) is 7.66. The molecule has 0 aliphatic carbocycles. The Morgan fingerprint density at radius 3 is 2.50 bits per heavy atom. The molecule has 0 bridgehead atoms. The van der Waals surface area contributed by atoms with Crippen molar-refractivity contribution in [2.75, 3.05) is 19.8 Å². The van der Waals surface area contributed by atoms with Gasteiger partial charge in [0.05, 0.1) is 13.2 Å². The third-order valence-electron chi connectivity index (χ3n) is 3.41. The summed E-state index contributed by atoms with van der Waals surface area (Å²) in [4.78, 5) is 0. The van der Waals surface area contributed by atoms with E-state index in [1.54, 1.807) is 0 Å². The highest BCUT2D eigenvalue weighted by Crippen LogP contribution is 2.22. The summed E-state index contributed by atoms with van der Waals surface area (Å²) < 4.78 is 11.2. The zero-order chi connectivity index (χ0) is 11.5. The quantitative estimate of drug-likeness (QED) is 0.779. The van der Waals surface area contributed by atoms with Crippen molar-refractivity contribution >= 4 is 0 Å². The van der Waals surface area contributed by atoms with Gasteiger partial charge in [0.25, 0.3) is 0 Å². The predicted molar refractivity (Wildman–Crippen MR) is 65.1 cm³/mol. The first-order valence-electron chi connectivity index (χ1n) is 5.95. The van der Waals surface area contributed by atoms with Gasteiger partial charge in [0.1, 0.15) is 5.75 Å². The largest absolute Gasteiger partial charge is 0.493 e. The molecule has 1 atom stereocenters. The number of benzene rings is 1. The minimum Gasteiger partial charge on any atom is -0.493 e. The van der Waals surface area contributed by atoms with E-state index in [2.05, 4.69) is 32.9 Å². The Hall–Kier alpha value is -1.02. The molecule has 0 saturated carbocycles. The summed E-state index contributed by atoms with van der Waals surface area (Å²) >= 11 is 0. The van der Waals surface area contributed by atoms with Crippen LogP contribution in [-0.2, 0) is 4.74 Å². The van der Waals surface area contributed by atoms with Crippen molar-refractivity contribution in [3.8, 4) is 5.75 Å². The second-order valence-electron chi connectivity index (χ2n) is 4.72. The van der Waals surface area contributed by atoms with E-state index in [9.17, 15) is 0 Å². The fourth-order valence-electron chi connectivity index (χ4n) is 2.01. The fraction of sp³-hybridized carbons (Fsp3) is 0.571. The lowest BCUT2D eigenvalue weighted by Gasteiger charge is -2.13. The summed E-state index contributed by atoms with van der Waals surface area (Å²) in [5.74, 6) is 1.56. The second kappa shape index (κ2) is 4.88. The third-order valence-corrected chi connectivity index (χ3v) is 3.41. The van der Waals surface area contributed by atoms with Gasteiger partial charge in [-0.25, -0.2) is 0 Å². The minimum atomic E-state index is 0.571. The van der Waals surface area contributed by atoms with E-state index in [0.29, 0.717) is 5.92 Å². The third kappa shape index (κ3) is 2.56. The van der Waals surface area contributed by atoms with Gasteiger partial charge in [-0.2, -0.15) is 0 Å². The van der Waals surface area contributed by atoms with E-state index in [0.717, 1.165) is 32.0 Å². The molecule has 1 unspecified atom stereocenters. The summed E-state index contributed by atoms with van der Waals surface area (Å²) in [7, 11) is 0. The van der Waals surface area contributed by atoms with Crippen molar-refractivity contribution in [3.05, 3.63) is 28.8 Å². The molecule has 1 heterocycles. The molecule has 0 spiro atoms. The van der Waals surface area contributed by atoms with Gasteiger partial charge in [0.2, 0.25) is 0 Å². The van der Waals surface area contributed by atoms with Crippen LogP contribution in [0.3, 0.4) is 0 Å². The Balaban J connectivity index is 1.98. The molecule has 1 saturated heterocycles. The first-order valence-corrected chi connectivity index (χ1v) is 5.95. The molecular weight excluding hydrogens is 200 g/mol. The summed E-state index contributed by atoms with van der Waals surface area (Å²) in [5.41, 5.74) is 3.96. The molecule has 2 nitrogen and oxygen atoms in total. The van der Waals surface area contributed by atoms with Crippen LogP contribution in [0.4, 0.5) is 0 Å². The van der Waals surface area contributed by atoms with Crippen molar-refractivity contribution in [2.45, 2.75) is 27.2 Å². The van der Waals surface area contributed by atoms with Crippen molar-refractivity contribution in [1.82, 2.24) is 0 Å². The molecule has 1 aromatic carbocycles. The molecule has 1 aromatic rings. The monoisotopic (exact) mass is 220 g/mol. The van der Waals surface area contributed by atoms with Gasteiger partial charge in [-0.15, -0.1) is 0 Å². The number of aryl methyl sites for hydroxylation is 2. The topological polar surface area (TPSA) is 18.5 Å². The Labute approximate surface area is 97.6 Å². The molecule has 1 fully saturated rings. The van der Waals surface area contributed by atoms with Gasteiger partial charge in [-0.05, 0) is 56.0 Å². The van der Waals surface area contributed by atoms with Crippen molar-refractivity contribution in [1.29, 1.82) is 0 Å². The summed E-state index contributed by atoms with van der Waals surface area (Å²) in [6.45, 7) is 8.94. The average molecular weight is 220 g/mol. The molecular formula is C14H20O2. The molecule has 2 rings (SSSR count). The van der Waals surface area contributed by atoms with E-state index in [1.807, 2.05) is 0 Å². The SMILES string of the molecule is Cc1cc(OCC2CCOC2)cc(C)c1C. The van der Waals surface area contributed by atoms with E-state index < -0.39 is 0 Å². The first kappa shape index (κ1) is 11.5. The molecule has 88 valence electrons. The van der Waals surface area contributed by atoms with Crippen LogP contribution in [0.1, 0.15) is 23.1 Å². The summed E-state index contributed by atoms with van der Waals surface area (Å²) in [6.07, 6.45) is 1.13. The Morgan fingerprint density at radius 1 is 1.25 bits per heavy atom. The molecule has 1 aliphatic rings. The number of hydrogen-bond acceptors (Lipinski definition) is 2. The van der Waals surface area contributed by atoms with Crippen LogP contribution in [0.15, 0.2) is 12.1 Å². The van der Waals surface area contributed by atoms with Gasteiger partial charge in [-0.1, -0.05) is 0 Å². The van der Waals surface area contributed by atoms with Crippen LogP contribution in [0.2, 0.25) is 0 Å². The van der Waals surface area contributed by atoms with Crippen LogP contribution < -0.4 is 4.74 Å². The van der Waals surface area contributed by atoms with Crippen LogP contribution in [0.25, 0.3) is 0 Å². The van der Waals surface area contributed by atoms with Crippen molar-refractivity contribution < 1.29 is 9.47 Å². The standard InChI is InChI=1S/C14H20O2/c1-10-6-14(7-11(2)12(10)3)16-9-13-4-5-15-8-13/h6-7,13H,4-5,8-9H2,1-3H3.